The van der Waals surface area contributed by atoms with Crippen LogP contribution in [0.25, 0.3) is 0 Å². The number of aliphatic imine (C=N–C) groups is 1. The van der Waals surface area contributed by atoms with Gasteiger partial charge in [-0.25, -0.2) is 0 Å². The van der Waals surface area contributed by atoms with Gasteiger partial charge < -0.3 is 11.1 Å². The number of nitrogens with two attached hydrogens (primary N) is 1. The van der Waals surface area contributed by atoms with Crippen molar-refractivity contribution in [2.75, 3.05) is 18.1 Å². The van der Waals surface area contributed by atoms with Crippen molar-refractivity contribution in [1.29, 1.82) is 0 Å². The number of rotatable bonds is 6. The first-order valence-corrected chi connectivity index (χ1v) is 7.12. The van der Waals surface area contributed by atoms with E-state index in [0.717, 1.165) is 18.9 Å². The van der Waals surface area contributed by atoms with Crippen molar-refractivity contribution in [3.05, 3.63) is 0 Å². The summed E-state index contributed by atoms with van der Waals surface area (Å²) in [5.41, 5.74) is 5.75. The van der Waals surface area contributed by atoms with Crippen LogP contribution < -0.4 is 11.1 Å². The van der Waals surface area contributed by atoms with Gasteiger partial charge in [-0.2, -0.15) is 11.8 Å². The highest BCUT2D eigenvalue weighted by Gasteiger charge is 2.09. The quantitative estimate of drug-likeness (QED) is 0.429. The molecule has 0 rings (SSSR count). The van der Waals surface area contributed by atoms with Gasteiger partial charge >= 0.3 is 0 Å². The smallest absolute Gasteiger partial charge is 0.188 e. The van der Waals surface area contributed by atoms with Crippen LogP contribution in [0.5, 0.6) is 0 Å². The average molecular weight is 245 g/mol. The summed E-state index contributed by atoms with van der Waals surface area (Å²) in [5.74, 6) is 3.74. The SMILES string of the molecule is CC(C)CSCCCN=C(N)NC(C)(C)C. The Hall–Kier alpha value is -0.380. The highest BCUT2D eigenvalue weighted by atomic mass is 32.2. The van der Waals surface area contributed by atoms with Gasteiger partial charge in [-0.15, -0.1) is 0 Å². The fourth-order valence-electron chi connectivity index (χ4n) is 1.11. The molecule has 0 aliphatic rings. The number of nitrogens with one attached hydrogen (secondary N) is 1. The molecule has 0 aromatic heterocycles. The van der Waals surface area contributed by atoms with Crippen LogP contribution in [0.4, 0.5) is 0 Å². The van der Waals surface area contributed by atoms with E-state index < -0.39 is 0 Å². The number of nitrogens with zero attached hydrogens (tertiary/aromatic N) is 1. The maximum atomic E-state index is 5.75. The second-order valence-electron chi connectivity index (χ2n) is 5.46. The number of thioether (sulfide) groups is 1. The topological polar surface area (TPSA) is 50.4 Å². The van der Waals surface area contributed by atoms with Crippen LogP contribution in [0.15, 0.2) is 4.99 Å². The summed E-state index contributed by atoms with van der Waals surface area (Å²) in [4.78, 5) is 4.30. The molecule has 0 fully saturated rings. The van der Waals surface area contributed by atoms with E-state index in [0.29, 0.717) is 5.96 Å². The average Bonchev–Trinajstić information content (AvgIpc) is 2.07. The largest absolute Gasteiger partial charge is 0.370 e. The highest BCUT2D eigenvalue weighted by Crippen LogP contribution is 2.08. The van der Waals surface area contributed by atoms with Crippen molar-refractivity contribution in [1.82, 2.24) is 5.32 Å². The van der Waals surface area contributed by atoms with Crippen LogP contribution in [0, 0.1) is 5.92 Å². The molecule has 16 heavy (non-hydrogen) atoms. The van der Waals surface area contributed by atoms with Crippen LogP contribution in [-0.2, 0) is 0 Å². The van der Waals surface area contributed by atoms with Crippen LogP contribution in [0.2, 0.25) is 0 Å². The van der Waals surface area contributed by atoms with Crippen molar-refractivity contribution >= 4 is 17.7 Å². The Bertz CT molecular complexity index is 207. The van der Waals surface area contributed by atoms with Crippen molar-refractivity contribution in [3.63, 3.8) is 0 Å². The molecule has 0 radical (unpaired) electrons. The van der Waals surface area contributed by atoms with Gasteiger partial charge in [0.05, 0.1) is 0 Å². The van der Waals surface area contributed by atoms with E-state index in [1.165, 1.54) is 11.5 Å². The number of hydrogen-bond acceptors (Lipinski definition) is 2. The molecule has 0 spiro atoms. The molecular formula is C12H27N3S. The van der Waals surface area contributed by atoms with E-state index in [1.807, 2.05) is 11.8 Å². The van der Waals surface area contributed by atoms with Gasteiger partial charge in [0.15, 0.2) is 5.96 Å². The summed E-state index contributed by atoms with van der Waals surface area (Å²) >= 11 is 2.00. The summed E-state index contributed by atoms with van der Waals surface area (Å²) in [7, 11) is 0. The Morgan fingerprint density at radius 1 is 1.38 bits per heavy atom. The predicted molar refractivity (Wildman–Crippen MR) is 76.2 cm³/mol. The minimum Gasteiger partial charge on any atom is -0.370 e. The standard InChI is InChI=1S/C12H27N3S/c1-10(2)9-16-8-6-7-14-11(13)15-12(3,4)5/h10H,6-9H2,1-5H3,(H3,13,14,15). The lowest BCUT2D eigenvalue weighted by Crippen LogP contribution is -2.45. The molecule has 0 heterocycles. The molecule has 0 bridgehead atoms. The Labute approximate surface area is 105 Å². The monoisotopic (exact) mass is 245 g/mol. The van der Waals surface area contributed by atoms with E-state index in [1.54, 1.807) is 0 Å². The molecule has 3 nitrogen and oxygen atoms in total. The Kier molecular flexibility index (Phi) is 7.64. The van der Waals surface area contributed by atoms with Crippen LogP contribution >= 0.6 is 11.8 Å². The normalized spacial score (nSPS) is 13.2. The molecule has 0 aliphatic carbocycles. The minimum atomic E-state index is -0.0000238. The molecule has 0 unspecified atom stereocenters. The predicted octanol–water partition coefficient (Wildman–Crippen LogP) is 2.47. The summed E-state index contributed by atoms with van der Waals surface area (Å²) in [6.45, 7) is 11.5. The fourth-order valence-corrected chi connectivity index (χ4v) is 2.08. The molecule has 0 atom stereocenters. The van der Waals surface area contributed by atoms with Gasteiger partial charge in [-0.05, 0) is 44.6 Å². The maximum Gasteiger partial charge on any atom is 0.188 e. The van der Waals surface area contributed by atoms with Crippen LogP contribution in [0.1, 0.15) is 41.0 Å². The van der Waals surface area contributed by atoms with Gasteiger partial charge in [-0.1, -0.05) is 13.8 Å². The van der Waals surface area contributed by atoms with E-state index in [2.05, 4.69) is 44.9 Å². The molecule has 0 saturated carbocycles. The van der Waals surface area contributed by atoms with E-state index in [4.69, 9.17) is 5.73 Å². The van der Waals surface area contributed by atoms with Crippen molar-refractivity contribution in [2.24, 2.45) is 16.6 Å². The van der Waals surface area contributed by atoms with E-state index >= 15 is 0 Å². The fraction of sp³-hybridized carbons (Fsp3) is 0.917. The number of guanidine groups is 1. The second-order valence-corrected chi connectivity index (χ2v) is 6.61. The Morgan fingerprint density at radius 3 is 2.50 bits per heavy atom. The lowest BCUT2D eigenvalue weighted by atomic mass is 10.1. The molecule has 0 aromatic carbocycles. The lowest BCUT2D eigenvalue weighted by Gasteiger charge is -2.20. The molecule has 0 aliphatic heterocycles. The summed E-state index contributed by atoms with van der Waals surface area (Å²) in [6, 6.07) is 0. The molecule has 0 saturated heterocycles. The molecule has 3 N–H and O–H groups in total. The lowest BCUT2D eigenvalue weighted by molar-refractivity contribution is 0.508. The highest BCUT2D eigenvalue weighted by molar-refractivity contribution is 7.99. The Morgan fingerprint density at radius 2 is 2.00 bits per heavy atom. The van der Waals surface area contributed by atoms with E-state index in [-0.39, 0.29) is 5.54 Å². The zero-order valence-corrected chi connectivity index (χ0v) is 12.2. The molecule has 96 valence electrons. The molecule has 4 heteroatoms. The Balaban J connectivity index is 3.52. The zero-order chi connectivity index (χ0) is 12.6. The van der Waals surface area contributed by atoms with Gasteiger partial charge in [0, 0.05) is 12.1 Å². The minimum absolute atomic E-state index is 0.0000238. The third kappa shape index (κ3) is 11.7. The van der Waals surface area contributed by atoms with Crippen molar-refractivity contribution in [2.45, 2.75) is 46.6 Å². The first-order chi connectivity index (χ1) is 7.31. The summed E-state index contributed by atoms with van der Waals surface area (Å²) in [6.07, 6.45) is 1.10. The van der Waals surface area contributed by atoms with E-state index in [9.17, 15) is 0 Å². The van der Waals surface area contributed by atoms with Crippen LogP contribution in [0.3, 0.4) is 0 Å². The van der Waals surface area contributed by atoms with Crippen molar-refractivity contribution < 1.29 is 0 Å². The molecule has 0 aromatic rings. The van der Waals surface area contributed by atoms with Gasteiger partial charge in [0.1, 0.15) is 0 Å². The molecular weight excluding hydrogens is 218 g/mol. The third-order valence-electron chi connectivity index (χ3n) is 1.68. The van der Waals surface area contributed by atoms with Gasteiger partial charge in [-0.3, -0.25) is 4.99 Å². The maximum absolute atomic E-state index is 5.75. The van der Waals surface area contributed by atoms with Gasteiger partial charge in [0.2, 0.25) is 0 Å². The summed E-state index contributed by atoms with van der Waals surface area (Å²) < 4.78 is 0. The van der Waals surface area contributed by atoms with Crippen LogP contribution in [-0.4, -0.2) is 29.5 Å². The first-order valence-electron chi connectivity index (χ1n) is 5.97. The second kappa shape index (κ2) is 7.82. The number of hydrogen-bond donors (Lipinski definition) is 2. The zero-order valence-electron chi connectivity index (χ0n) is 11.3. The molecule has 0 amide bonds. The van der Waals surface area contributed by atoms with Gasteiger partial charge in [0.25, 0.3) is 0 Å². The third-order valence-corrected chi connectivity index (χ3v) is 3.16. The van der Waals surface area contributed by atoms with Crippen molar-refractivity contribution in [3.8, 4) is 0 Å². The first kappa shape index (κ1) is 15.6. The summed E-state index contributed by atoms with van der Waals surface area (Å²) in [5, 5.41) is 3.15.